The number of benzene rings is 2. The minimum absolute atomic E-state index is 0.120. The second-order valence-corrected chi connectivity index (χ2v) is 8.91. The van der Waals surface area contributed by atoms with Crippen molar-refractivity contribution in [2.24, 2.45) is 0 Å². The second-order valence-electron chi connectivity index (χ2n) is 7.99. The third-order valence-electron chi connectivity index (χ3n) is 6.21. The highest BCUT2D eigenvalue weighted by Gasteiger charge is 2.56. The van der Waals surface area contributed by atoms with E-state index in [-0.39, 0.29) is 30.4 Å². The number of hydrogen-bond acceptors (Lipinski definition) is 5. The van der Waals surface area contributed by atoms with E-state index in [9.17, 15) is 9.59 Å². The molecule has 3 aliphatic rings. The normalized spacial score (nSPS) is 26.7. The van der Waals surface area contributed by atoms with Gasteiger partial charge in [-0.25, -0.2) is 4.79 Å². The van der Waals surface area contributed by atoms with Crippen molar-refractivity contribution in [3.05, 3.63) is 64.6 Å². The van der Waals surface area contributed by atoms with Crippen LogP contribution in [0.1, 0.15) is 12.0 Å². The molecule has 3 saturated heterocycles. The molecule has 3 unspecified atom stereocenters. The third-order valence-corrected chi connectivity index (χ3v) is 6.74. The van der Waals surface area contributed by atoms with Gasteiger partial charge in [-0.05, 0) is 36.2 Å². The molecule has 2 aromatic carbocycles. The van der Waals surface area contributed by atoms with E-state index < -0.39 is 0 Å². The molecule has 0 spiro atoms. The number of carbonyl (C=O) groups excluding carboxylic acids is 2. The zero-order valence-corrected chi connectivity index (χ0v) is 18.3. The number of urea groups is 1. The van der Waals surface area contributed by atoms with Crippen LogP contribution in [0.5, 0.6) is 0 Å². The van der Waals surface area contributed by atoms with Gasteiger partial charge in [-0.1, -0.05) is 46.3 Å². The van der Waals surface area contributed by atoms with E-state index in [0.717, 1.165) is 35.2 Å². The van der Waals surface area contributed by atoms with Crippen LogP contribution in [-0.2, 0) is 11.3 Å². The number of nitrogens with zero attached hydrogens (tertiary/aromatic N) is 4. The van der Waals surface area contributed by atoms with Gasteiger partial charge in [0.05, 0.1) is 6.54 Å². The van der Waals surface area contributed by atoms with Crippen molar-refractivity contribution in [2.75, 3.05) is 25.0 Å². The largest absolute Gasteiger partial charge is 0.343 e. The SMILES string of the molecule is CN1C(=O)N(Cc2ccccc2)C(=O)C2C1NC1N(c3ccc(Br)cc3)CCCN21. The summed E-state index contributed by atoms with van der Waals surface area (Å²) in [6.45, 7) is 2.01. The van der Waals surface area contributed by atoms with Gasteiger partial charge in [-0.15, -0.1) is 0 Å². The standard InChI is InChI=1S/C22H24BrN5O2/c1-25-19-18(20(29)28(22(25)30)14-15-6-3-2-4-7-15)27-13-5-12-26(21(27)24-19)17-10-8-16(23)9-11-17/h2-4,6-11,18-19,21,24H,5,12-14H2,1H3. The topological polar surface area (TPSA) is 59.1 Å². The highest BCUT2D eigenvalue weighted by molar-refractivity contribution is 9.10. The highest BCUT2D eigenvalue weighted by Crippen LogP contribution is 2.33. The van der Waals surface area contributed by atoms with Crippen molar-refractivity contribution in [1.29, 1.82) is 0 Å². The van der Waals surface area contributed by atoms with Crippen molar-refractivity contribution in [3.8, 4) is 0 Å². The summed E-state index contributed by atoms with van der Waals surface area (Å²) in [4.78, 5) is 34.1. The average molecular weight is 470 g/mol. The summed E-state index contributed by atoms with van der Waals surface area (Å²) in [6, 6.07) is 17.2. The van der Waals surface area contributed by atoms with Gasteiger partial charge in [0.25, 0.3) is 5.91 Å². The first kappa shape index (κ1) is 19.5. The first-order valence-corrected chi connectivity index (χ1v) is 11.0. The molecule has 30 heavy (non-hydrogen) atoms. The van der Waals surface area contributed by atoms with Crippen LogP contribution in [0.25, 0.3) is 0 Å². The molecule has 8 heteroatoms. The molecule has 3 aliphatic heterocycles. The summed E-state index contributed by atoms with van der Waals surface area (Å²) in [5.74, 6) is -0.125. The van der Waals surface area contributed by atoms with Crippen LogP contribution < -0.4 is 10.2 Å². The van der Waals surface area contributed by atoms with Crippen LogP contribution in [0.2, 0.25) is 0 Å². The molecule has 0 saturated carbocycles. The van der Waals surface area contributed by atoms with Crippen molar-refractivity contribution in [3.63, 3.8) is 0 Å². The Hall–Kier alpha value is -2.42. The first-order valence-electron chi connectivity index (χ1n) is 10.2. The lowest BCUT2D eigenvalue weighted by Gasteiger charge is -2.43. The fourth-order valence-electron chi connectivity index (χ4n) is 4.73. The van der Waals surface area contributed by atoms with Gasteiger partial charge >= 0.3 is 6.03 Å². The number of imide groups is 1. The Morgan fingerprint density at radius 3 is 2.50 bits per heavy atom. The van der Waals surface area contributed by atoms with Gasteiger partial charge in [-0.2, -0.15) is 0 Å². The van der Waals surface area contributed by atoms with E-state index >= 15 is 0 Å². The number of carbonyl (C=O) groups is 2. The zero-order chi connectivity index (χ0) is 20.8. The molecular formula is C22H24BrN5O2. The Kier molecular flexibility index (Phi) is 5.00. The summed E-state index contributed by atoms with van der Waals surface area (Å²) in [7, 11) is 1.78. The molecule has 7 nitrogen and oxygen atoms in total. The van der Waals surface area contributed by atoms with E-state index in [2.05, 4.69) is 43.2 Å². The number of fused-ring (bicyclic) bond motifs is 3. The summed E-state index contributed by atoms with van der Waals surface area (Å²) in [5, 5.41) is 3.55. The number of amides is 3. The lowest BCUT2D eigenvalue weighted by molar-refractivity contribution is -0.139. The number of anilines is 1. The maximum atomic E-state index is 13.5. The van der Waals surface area contributed by atoms with Crippen molar-refractivity contribution >= 4 is 33.6 Å². The Morgan fingerprint density at radius 2 is 1.77 bits per heavy atom. The minimum atomic E-state index is -0.389. The second kappa shape index (κ2) is 7.68. The van der Waals surface area contributed by atoms with Gasteiger partial charge in [0.15, 0.2) is 0 Å². The van der Waals surface area contributed by atoms with E-state index in [1.54, 1.807) is 11.9 Å². The van der Waals surface area contributed by atoms with Gasteiger partial charge < -0.3 is 9.80 Å². The van der Waals surface area contributed by atoms with Crippen LogP contribution in [-0.4, -0.2) is 65.3 Å². The van der Waals surface area contributed by atoms with Gasteiger partial charge in [-0.3, -0.25) is 19.9 Å². The van der Waals surface area contributed by atoms with Crippen LogP contribution in [0.15, 0.2) is 59.1 Å². The maximum Gasteiger partial charge on any atom is 0.328 e. The molecular weight excluding hydrogens is 446 g/mol. The lowest BCUT2D eigenvalue weighted by atomic mass is 10.1. The summed E-state index contributed by atoms with van der Waals surface area (Å²) >= 11 is 3.49. The Balaban J connectivity index is 1.43. The Bertz CT molecular complexity index is 954. The van der Waals surface area contributed by atoms with Crippen molar-refractivity contribution in [1.82, 2.24) is 20.0 Å². The summed E-state index contributed by atoms with van der Waals surface area (Å²) in [5.41, 5.74) is 2.05. The first-order chi connectivity index (χ1) is 14.5. The monoisotopic (exact) mass is 469 g/mol. The predicted octanol–water partition coefficient (Wildman–Crippen LogP) is 2.64. The van der Waals surface area contributed by atoms with Gasteiger partial charge in [0.1, 0.15) is 18.5 Å². The van der Waals surface area contributed by atoms with Crippen LogP contribution in [0.4, 0.5) is 10.5 Å². The maximum absolute atomic E-state index is 13.5. The van der Waals surface area contributed by atoms with Gasteiger partial charge in [0, 0.05) is 30.3 Å². The predicted molar refractivity (Wildman–Crippen MR) is 117 cm³/mol. The quantitative estimate of drug-likeness (QED) is 0.748. The minimum Gasteiger partial charge on any atom is -0.343 e. The molecule has 0 bridgehead atoms. The molecule has 5 rings (SSSR count). The van der Waals surface area contributed by atoms with E-state index in [0.29, 0.717) is 6.54 Å². The van der Waals surface area contributed by atoms with Crippen LogP contribution in [0.3, 0.4) is 0 Å². The highest BCUT2D eigenvalue weighted by atomic mass is 79.9. The number of halogens is 1. The smallest absolute Gasteiger partial charge is 0.328 e. The molecule has 0 aromatic heterocycles. The van der Waals surface area contributed by atoms with E-state index in [1.807, 2.05) is 42.5 Å². The zero-order valence-electron chi connectivity index (χ0n) is 16.7. The summed E-state index contributed by atoms with van der Waals surface area (Å²) < 4.78 is 1.03. The molecule has 3 heterocycles. The molecule has 2 aromatic rings. The lowest BCUT2D eigenvalue weighted by Crippen LogP contribution is -2.66. The average Bonchev–Trinajstić information content (AvgIpc) is 3.17. The fourth-order valence-corrected chi connectivity index (χ4v) is 4.99. The number of likely N-dealkylation sites (N-methyl/N-ethyl adjacent to an activating group) is 1. The van der Waals surface area contributed by atoms with Crippen LogP contribution >= 0.6 is 15.9 Å². The number of nitrogens with one attached hydrogen (secondary N) is 1. The number of rotatable bonds is 3. The van der Waals surface area contributed by atoms with E-state index in [1.165, 1.54) is 4.90 Å². The van der Waals surface area contributed by atoms with Crippen LogP contribution in [0, 0.1) is 0 Å². The van der Waals surface area contributed by atoms with Crippen molar-refractivity contribution < 1.29 is 9.59 Å². The third kappa shape index (κ3) is 3.19. The fraction of sp³-hybridized carbons (Fsp3) is 0.364. The molecule has 156 valence electrons. The molecule has 3 atom stereocenters. The number of hydrogen-bond donors (Lipinski definition) is 1. The summed E-state index contributed by atoms with van der Waals surface area (Å²) in [6.07, 6.45) is 0.505. The van der Waals surface area contributed by atoms with Crippen molar-refractivity contribution in [2.45, 2.75) is 31.5 Å². The van der Waals surface area contributed by atoms with Gasteiger partial charge in [0.2, 0.25) is 0 Å². The van der Waals surface area contributed by atoms with E-state index in [4.69, 9.17) is 0 Å². The molecule has 3 fully saturated rings. The molecule has 1 N–H and O–H groups in total. The Morgan fingerprint density at radius 1 is 1.03 bits per heavy atom. The molecule has 0 aliphatic carbocycles. The molecule has 0 radical (unpaired) electrons. The Labute approximate surface area is 184 Å². The molecule has 3 amide bonds.